The van der Waals surface area contributed by atoms with E-state index in [2.05, 4.69) is 43.2 Å². The molecular weight excluding hydrogens is 300 g/mol. The van der Waals surface area contributed by atoms with Crippen molar-refractivity contribution >= 4 is 5.96 Å². The third kappa shape index (κ3) is 8.88. The summed E-state index contributed by atoms with van der Waals surface area (Å²) in [6.07, 6.45) is 4.49. The van der Waals surface area contributed by atoms with Crippen molar-refractivity contribution in [3.05, 3.63) is 0 Å². The van der Waals surface area contributed by atoms with Crippen LogP contribution in [-0.2, 0) is 0 Å². The van der Waals surface area contributed by atoms with E-state index < -0.39 is 0 Å². The van der Waals surface area contributed by atoms with Crippen molar-refractivity contribution < 1.29 is 5.11 Å². The van der Waals surface area contributed by atoms with Crippen LogP contribution in [0.1, 0.15) is 53.4 Å². The minimum atomic E-state index is 0.256. The second-order valence-electron chi connectivity index (χ2n) is 7.56. The lowest BCUT2D eigenvalue weighted by molar-refractivity contribution is 0.245. The molecular formula is C19H40N4O. The van der Waals surface area contributed by atoms with Gasteiger partial charge in [0.15, 0.2) is 5.96 Å². The van der Waals surface area contributed by atoms with Gasteiger partial charge in [-0.3, -0.25) is 4.99 Å². The Morgan fingerprint density at radius 3 is 2.71 bits per heavy atom. The Morgan fingerprint density at radius 2 is 2.08 bits per heavy atom. The van der Waals surface area contributed by atoms with Crippen LogP contribution in [0.15, 0.2) is 4.99 Å². The maximum atomic E-state index is 9.25. The SMILES string of the molecule is CCCN1CCC(CNC(=NCC(CCO)CC(C)C)NCC)C1. The van der Waals surface area contributed by atoms with E-state index in [-0.39, 0.29) is 6.61 Å². The Kier molecular flexibility index (Phi) is 11.1. The molecule has 0 saturated carbocycles. The van der Waals surface area contributed by atoms with Crippen LogP contribution < -0.4 is 10.6 Å². The van der Waals surface area contributed by atoms with E-state index in [4.69, 9.17) is 4.99 Å². The van der Waals surface area contributed by atoms with Crippen molar-refractivity contribution in [2.24, 2.45) is 22.7 Å². The minimum absolute atomic E-state index is 0.256. The van der Waals surface area contributed by atoms with Crippen molar-refractivity contribution in [2.75, 3.05) is 45.9 Å². The molecule has 1 aliphatic heterocycles. The first-order chi connectivity index (χ1) is 11.6. The smallest absolute Gasteiger partial charge is 0.191 e. The maximum absolute atomic E-state index is 9.25. The van der Waals surface area contributed by atoms with Crippen molar-refractivity contribution in [1.29, 1.82) is 0 Å². The second kappa shape index (κ2) is 12.5. The molecule has 0 aliphatic carbocycles. The number of guanidine groups is 1. The highest BCUT2D eigenvalue weighted by molar-refractivity contribution is 5.79. The Morgan fingerprint density at radius 1 is 1.29 bits per heavy atom. The molecule has 5 nitrogen and oxygen atoms in total. The normalized spacial score (nSPS) is 20.6. The third-order valence-electron chi connectivity index (χ3n) is 4.66. The van der Waals surface area contributed by atoms with Crippen molar-refractivity contribution in [1.82, 2.24) is 15.5 Å². The van der Waals surface area contributed by atoms with Crippen LogP contribution in [0.25, 0.3) is 0 Å². The number of hydrogen-bond acceptors (Lipinski definition) is 3. The van der Waals surface area contributed by atoms with E-state index in [1.54, 1.807) is 0 Å². The van der Waals surface area contributed by atoms with Crippen LogP contribution >= 0.6 is 0 Å². The number of hydrogen-bond donors (Lipinski definition) is 3. The predicted molar refractivity (Wildman–Crippen MR) is 103 cm³/mol. The summed E-state index contributed by atoms with van der Waals surface area (Å²) in [5.41, 5.74) is 0. The Bertz CT molecular complexity index is 346. The fraction of sp³-hybridized carbons (Fsp3) is 0.947. The molecule has 1 rings (SSSR count). The molecule has 0 aromatic rings. The average Bonchev–Trinajstić information content (AvgIpc) is 2.97. The summed E-state index contributed by atoms with van der Waals surface area (Å²) in [5.74, 6) is 2.77. The molecule has 5 heteroatoms. The highest BCUT2D eigenvalue weighted by atomic mass is 16.3. The van der Waals surface area contributed by atoms with Crippen LogP contribution in [0.4, 0.5) is 0 Å². The lowest BCUT2D eigenvalue weighted by Gasteiger charge is -2.19. The van der Waals surface area contributed by atoms with Gasteiger partial charge >= 0.3 is 0 Å². The van der Waals surface area contributed by atoms with Gasteiger partial charge in [0.25, 0.3) is 0 Å². The first kappa shape index (κ1) is 21.2. The zero-order valence-electron chi connectivity index (χ0n) is 16.4. The summed E-state index contributed by atoms with van der Waals surface area (Å²) in [6.45, 7) is 15.4. The molecule has 3 N–H and O–H groups in total. The first-order valence-electron chi connectivity index (χ1n) is 9.94. The van der Waals surface area contributed by atoms with Crippen LogP contribution in [0.3, 0.4) is 0 Å². The summed E-state index contributed by atoms with van der Waals surface area (Å²) in [4.78, 5) is 7.34. The van der Waals surface area contributed by atoms with Gasteiger partial charge in [-0.25, -0.2) is 0 Å². The standard InChI is InChI=1S/C19H40N4O/c1-5-9-23-10-7-18(15-23)14-22-19(20-6-2)21-13-17(8-11-24)12-16(3)4/h16-18,24H,5-15H2,1-4H3,(H2,20,21,22). The molecule has 0 spiro atoms. The van der Waals surface area contributed by atoms with Gasteiger partial charge in [0.2, 0.25) is 0 Å². The summed E-state index contributed by atoms with van der Waals surface area (Å²) >= 11 is 0. The number of nitrogens with one attached hydrogen (secondary N) is 2. The average molecular weight is 341 g/mol. The molecule has 0 amide bonds. The first-order valence-corrected chi connectivity index (χ1v) is 9.94. The molecule has 0 aromatic heterocycles. The molecule has 2 unspecified atom stereocenters. The number of aliphatic hydroxyl groups is 1. The molecule has 142 valence electrons. The molecule has 0 bridgehead atoms. The Labute approximate surface area is 149 Å². The van der Waals surface area contributed by atoms with Gasteiger partial charge in [-0.2, -0.15) is 0 Å². The maximum Gasteiger partial charge on any atom is 0.191 e. The molecule has 0 radical (unpaired) electrons. The van der Waals surface area contributed by atoms with E-state index in [0.29, 0.717) is 11.8 Å². The van der Waals surface area contributed by atoms with E-state index in [0.717, 1.165) is 44.4 Å². The van der Waals surface area contributed by atoms with Crippen LogP contribution in [0.5, 0.6) is 0 Å². The van der Waals surface area contributed by atoms with Gasteiger partial charge in [0.05, 0.1) is 0 Å². The monoisotopic (exact) mass is 340 g/mol. The molecule has 1 fully saturated rings. The summed E-state index contributed by atoms with van der Waals surface area (Å²) in [6, 6.07) is 0. The summed E-state index contributed by atoms with van der Waals surface area (Å²) in [7, 11) is 0. The number of aliphatic hydroxyl groups excluding tert-OH is 1. The minimum Gasteiger partial charge on any atom is -0.396 e. The molecule has 0 aromatic carbocycles. The largest absolute Gasteiger partial charge is 0.396 e. The van der Waals surface area contributed by atoms with Gasteiger partial charge in [0, 0.05) is 32.8 Å². The van der Waals surface area contributed by atoms with E-state index >= 15 is 0 Å². The molecule has 1 heterocycles. The predicted octanol–water partition coefficient (Wildman–Crippen LogP) is 2.32. The van der Waals surface area contributed by atoms with Crippen molar-refractivity contribution in [3.8, 4) is 0 Å². The topological polar surface area (TPSA) is 59.9 Å². The fourth-order valence-electron chi connectivity index (χ4n) is 3.53. The van der Waals surface area contributed by atoms with Gasteiger partial charge in [-0.1, -0.05) is 20.8 Å². The third-order valence-corrected chi connectivity index (χ3v) is 4.66. The quantitative estimate of drug-likeness (QED) is 0.399. The highest BCUT2D eigenvalue weighted by Gasteiger charge is 2.21. The van der Waals surface area contributed by atoms with Crippen LogP contribution in [-0.4, -0.2) is 61.8 Å². The van der Waals surface area contributed by atoms with Gasteiger partial charge in [-0.15, -0.1) is 0 Å². The Hall–Kier alpha value is -0.810. The zero-order valence-corrected chi connectivity index (χ0v) is 16.4. The molecule has 24 heavy (non-hydrogen) atoms. The summed E-state index contributed by atoms with van der Waals surface area (Å²) in [5, 5.41) is 16.1. The van der Waals surface area contributed by atoms with Gasteiger partial charge in [-0.05, 0) is 63.5 Å². The van der Waals surface area contributed by atoms with Crippen molar-refractivity contribution in [3.63, 3.8) is 0 Å². The molecule has 1 aliphatic rings. The second-order valence-corrected chi connectivity index (χ2v) is 7.56. The number of likely N-dealkylation sites (tertiary alicyclic amines) is 1. The number of rotatable bonds is 11. The Balaban J connectivity index is 2.43. The van der Waals surface area contributed by atoms with Crippen LogP contribution in [0, 0.1) is 17.8 Å². The zero-order chi connectivity index (χ0) is 17.8. The molecule has 1 saturated heterocycles. The van der Waals surface area contributed by atoms with E-state index in [1.807, 2.05) is 0 Å². The fourth-order valence-corrected chi connectivity index (χ4v) is 3.53. The van der Waals surface area contributed by atoms with Crippen LogP contribution in [0.2, 0.25) is 0 Å². The van der Waals surface area contributed by atoms with Crippen molar-refractivity contribution in [2.45, 2.75) is 53.4 Å². The number of nitrogens with zero attached hydrogens (tertiary/aromatic N) is 2. The van der Waals surface area contributed by atoms with Gasteiger partial charge in [0.1, 0.15) is 0 Å². The highest BCUT2D eigenvalue weighted by Crippen LogP contribution is 2.16. The van der Waals surface area contributed by atoms with E-state index in [1.165, 1.54) is 32.5 Å². The number of aliphatic imine (C=N–C) groups is 1. The lowest BCUT2D eigenvalue weighted by atomic mass is 9.94. The summed E-state index contributed by atoms with van der Waals surface area (Å²) < 4.78 is 0. The lowest BCUT2D eigenvalue weighted by Crippen LogP contribution is -2.40. The van der Waals surface area contributed by atoms with E-state index in [9.17, 15) is 5.11 Å². The van der Waals surface area contributed by atoms with Gasteiger partial charge < -0.3 is 20.6 Å². The molecule has 2 atom stereocenters.